The van der Waals surface area contributed by atoms with Gasteiger partial charge in [0.25, 0.3) is 0 Å². The minimum absolute atomic E-state index is 0.250. The molecule has 92 valence electrons. The summed E-state index contributed by atoms with van der Waals surface area (Å²) in [4.78, 5) is 17.3. The number of nitrogen functional groups attached to an aromatic ring is 1. The molecule has 0 aliphatic rings. The maximum absolute atomic E-state index is 11.5. The summed E-state index contributed by atoms with van der Waals surface area (Å²) in [7, 11) is 0. The van der Waals surface area contributed by atoms with Crippen LogP contribution in [0.15, 0.2) is 42.4 Å². The Morgan fingerprint density at radius 1 is 1.41 bits per heavy atom. The van der Waals surface area contributed by atoms with Crippen molar-refractivity contribution in [3.05, 3.63) is 48.1 Å². The van der Waals surface area contributed by atoms with Crippen molar-refractivity contribution in [2.45, 2.75) is 6.54 Å². The van der Waals surface area contributed by atoms with E-state index in [1.54, 1.807) is 12.3 Å². The summed E-state index contributed by atoms with van der Waals surface area (Å²) in [5.74, 6) is 0.250. The molecule has 1 aromatic rings. The zero-order valence-electron chi connectivity index (χ0n) is 9.88. The second kappa shape index (κ2) is 6.65. The highest BCUT2D eigenvalue weighted by Crippen LogP contribution is 1.93. The topological polar surface area (TPSA) is 64.2 Å². The molecule has 5 nitrogen and oxygen atoms in total. The quantitative estimate of drug-likeness (QED) is 0.698. The van der Waals surface area contributed by atoms with E-state index in [0.717, 1.165) is 19.6 Å². The number of aromatic nitrogens is 2. The fourth-order valence-corrected chi connectivity index (χ4v) is 1.48. The summed E-state index contributed by atoms with van der Waals surface area (Å²) >= 11 is 0. The summed E-state index contributed by atoms with van der Waals surface area (Å²) < 4.78 is 1.54. The molecule has 1 aromatic heterocycles. The first kappa shape index (κ1) is 13.2. The van der Waals surface area contributed by atoms with Crippen LogP contribution in [0, 0.1) is 0 Å². The zero-order chi connectivity index (χ0) is 12.7. The largest absolute Gasteiger partial charge is 0.383 e. The molecular weight excluding hydrogens is 216 g/mol. The van der Waals surface area contributed by atoms with Crippen LogP contribution < -0.4 is 11.4 Å². The first-order valence-electron chi connectivity index (χ1n) is 5.44. The van der Waals surface area contributed by atoms with E-state index in [2.05, 4.69) is 23.0 Å². The highest BCUT2D eigenvalue weighted by atomic mass is 16.1. The predicted octanol–water partition coefficient (Wildman–Crippen LogP) is 0.500. The van der Waals surface area contributed by atoms with Crippen molar-refractivity contribution >= 4 is 5.82 Å². The Hall–Kier alpha value is -1.88. The molecule has 0 radical (unpaired) electrons. The highest BCUT2D eigenvalue weighted by Gasteiger charge is 2.02. The monoisotopic (exact) mass is 234 g/mol. The van der Waals surface area contributed by atoms with Gasteiger partial charge >= 0.3 is 5.69 Å². The van der Waals surface area contributed by atoms with E-state index in [4.69, 9.17) is 5.73 Å². The summed E-state index contributed by atoms with van der Waals surface area (Å²) in [5, 5.41) is 0. The Bertz CT molecular complexity index is 428. The molecule has 0 fully saturated rings. The van der Waals surface area contributed by atoms with Gasteiger partial charge in [0.1, 0.15) is 5.82 Å². The molecule has 5 heteroatoms. The summed E-state index contributed by atoms with van der Waals surface area (Å²) in [6.07, 6.45) is 5.31. The summed E-state index contributed by atoms with van der Waals surface area (Å²) in [5.41, 5.74) is 5.10. The van der Waals surface area contributed by atoms with E-state index in [9.17, 15) is 4.79 Å². The van der Waals surface area contributed by atoms with Crippen molar-refractivity contribution < 1.29 is 0 Å². The van der Waals surface area contributed by atoms with Gasteiger partial charge in [-0.2, -0.15) is 4.98 Å². The van der Waals surface area contributed by atoms with Crippen LogP contribution in [0.2, 0.25) is 0 Å². The second-order valence-electron chi connectivity index (χ2n) is 3.67. The van der Waals surface area contributed by atoms with Crippen molar-refractivity contribution in [1.82, 2.24) is 14.5 Å². The number of anilines is 1. The third kappa shape index (κ3) is 4.24. The highest BCUT2D eigenvalue weighted by molar-refractivity contribution is 5.23. The fraction of sp³-hybridized carbons (Fsp3) is 0.333. The van der Waals surface area contributed by atoms with Crippen LogP contribution in [0.1, 0.15) is 0 Å². The number of rotatable bonds is 7. The predicted molar refractivity (Wildman–Crippen MR) is 69.7 cm³/mol. The van der Waals surface area contributed by atoms with Crippen LogP contribution in [-0.2, 0) is 6.54 Å². The Morgan fingerprint density at radius 3 is 2.59 bits per heavy atom. The normalized spacial score (nSPS) is 10.4. The Morgan fingerprint density at radius 2 is 2.06 bits per heavy atom. The summed E-state index contributed by atoms with van der Waals surface area (Å²) in [6.45, 7) is 10.2. The van der Waals surface area contributed by atoms with Gasteiger partial charge in [0.05, 0.1) is 0 Å². The number of hydrogen-bond donors (Lipinski definition) is 1. The van der Waals surface area contributed by atoms with Gasteiger partial charge in [-0.3, -0.25) is 9.47 Å². The third-order valence-electron chi connectivity index (χ3n) is 2.33. The van der Waals surface area contributed by atoms with Gasteiger partial charge in [0, 0.05) is 32.4 Å². The standard InChI is InChI=1S/C12H18N4O/c1-3-6-15(7-4-2)9-10-16-8-5-11(13)14-12(16)17/h3-5,8H,1-2,6-7,9-10H2,(H2,13,14,17). The SMILES string of the molecule is C=CCN(CC=C)CCn1ccc(N)nc1=O. The lowest BCUT2D eigenvalue weighted by molar-refractivity contribution is 0.316. The van der Waals surface area contributed by atoms with Crippen LogP contribution in [0.5, 0.6) is 0 Å². The van der Waals surface area contributed by atoms with Gasteiger partial charge in [0.15, 0.2) is 0 Å². The Balaban J connectivity index is 2.61. The average molecular weight is 234 g/mol. The molecule has 0 spiro atoms. The molecule has 0 atom stereocenters. The lowest BCUT2D eigenvalue weighted by atomic mass is 10.4. The van der Waals surface area contributed by atoms with E-state index in [-0.39, 0.29) is 11.5 Å². The van der Waals surface area contributed by atoms with Gasteiger partial charge < -0.3 is 5.73 Å². The maximum Gasteiger partial charge on any atom is 0.349 e. The first-order chi connectivity index (χ1) is 8.17. The van der Waals surface area contributed by atoms with Gasteiger partial charge in [-0.15, -0.1) is 13.2 Å². The van der Waals surface area contributed by atoms with Crippen LogP contribution in [-0.4, -0.2) is 34.1 Å². The molecule has 0 amide bonds. The smallest absolute Gasteiger partial charge is 0.349 e. The molecule has 2 N–H and O–H groups in total. The van der Waals surface area contributed by atoms with E-state index < -0.39 is 0 Å². The second-order valence-corrected chi connectivity index (χ2v) is 3.67. The van der Waals surface area contributed by atoms with Crippen LogP contribution in [0.4, 0.5) is 5.82 Å². The molecule has 0 saturated carbocycles. The molecule has 0 bridgehead atoms. The van der Waals surface area contributed by atoms with Crippen molar-refractivity contribution in [3.63, 3.8) is 0 Å². The molecule has 0 aromatic carbocycles. The van der Waals surface area contributed by atoms with E-state index in [1.807, 2.05) is 12.2 Å². The van der Waals surface area contributed by atoms with Gasteiger partial charge in [-0.05, 0) is 6.07 Å². The number of hydrogen-bond acceptors (Lipinski definition) is 4. The number of nitrogens with zero attached hydrogens (tertiary/aromatic N) is 3. The van der Waals surface area contributed by atoms with Crippen molar-refractivity contribution in [1.29, 1.82) is 0 Å². The van der Waals surface area contributed by atoms with Gasteiger partial charge in [-0.25, -0.2) is 4.79 Å². The first-order valence-corrected chi connectivity index (χ1v) is 5.44. The Kier molecular flexibility index (Phi) is 5.16. The maximum atomic E-state index is 11.5. The molecule has 0 aliphatic heterocycles. The Labute approximate surface area is 101 Å². The van der Waals surface area contributed by atoms with Crippen LogP contribution >= 0.6 is 0 Å². The molecule has 17 heavy (non-hydrogen) atoms. The molecule has 0 saturated heterocycles. The molecule has 1 heterocycles. The minimum Gasteiger partial charge on any atom is -0.383 e. The molecule has 0 unspecified atom stereocenters. The van der Waals surface area contributed by atoms with Crippen molar-refractivity contribution in [3.8, 4) is 0 Å². The van der Waals surface area contributed by atoms with E-state index in [1.165, 1.54) is 4.57 Å². The van der Waals surface area contributed by atoms with Crippen LogP contribution in [0.25, 0.3) is 0 Å². The molecular formula is C12H18N4O. The van der Waals surface area contributed by atoms with Crippen molar-refractivity contribution in [2.24, 2.45) is 0 Å². The fourth-order valence-electron chi connectivity index (χ4n) is 1.48. The van der Waals surface area contributed by atoms with Gasteiger partial charge in [0.2, 0.25) is 0 Å². The van der Waals surface area contributed by atoms with Crippen molar-refractivity contribution in [2.75, 3.05) is 25.4 Å². The molecule has 0 aliphatic carbocycles. The number of nitrogens with two attached hydrogens (primary N) is 1. The zero-order valence-corrected chi connectivity index (χ0v) is 9.88. The average Bonchev–Trinajstić information content (AvgIpc) is 2.28. The van der Waals surface area contributed by atoms with E-state index in [0.29, 0.717) is 6.54 Å². The van der Waals surface area contributed by atoms with E-state index >= 15 is 0 Å². The van der Waals surface area contributed by atoms with Crippen LogP contribution in [0.3, 0.4) is 0 Å². The lowest BCUT2D eigenvalue weighted by Crippen LogP contribution is -2.32. The van der Waals surface area contributed by atoms with Gasteiger partial charge in [-0.1, -0.05) is 12.2 Å². The lowest BCUT2D eigenvalue weighted by Gasteiger charge is -2.18. The summed E-state index contributed by atoms with van der Waals surface area (Å²) in [6, 6.07) is 1.62. The third-order valence-corrected chi connectivity index (χ3v) is 2.33. The minimum atomic E-state index is -0.317. The molecule has 1 rings (SSSR count).